The van der Waals surface area contributed by atoms with E-state index in [-0.39, 0.29) is 16.7 Å². The van der Waals surface area contributed by atoms with Crippen molar-refractivity contribution >= 4 is 5.91 Å². The highest BCUT2D eigenvalue weighted by molar-refractivity contribution is 5.83. The molecule has 0 aliphatic heterocycles. The van der Waals surface area contributed by atoms with Crippen LogP contribution in [0.4, 0.5) is 0 Å². The first-order chi connectivity index (χ1) is 15.9. The lowest BCUT2D eigenvalue weighted by molar-refractivity contribution is -0.149. The molecule has 176 valence electrons. The van der Waals surface area contributed by atoms with Gasteiger partial charge in [-0.3, -0.25) is 4.79 Å². The molecule has 4 bridgehead atoms. The SMILES string of the molecule is COc1ccc(CCNC(=O)C23CC4CC(C2)CC(c2ccc(C)c(C)c2)(C4)C3)cc1OC. The average Bonchev–Trinajstić information content (AvgIpc) is 2.79. The van der Waals surface area contributed by atoms with Crippen molar-refractivity contribution < 1.29 is 14.3 Å². The van der Waals surface area contributed by atoms with Crippen LogP contribution in [0.2, 0.25) is 0 Å². The number of amides is 1. The van der Waals surface area contributed by atoms with Gasteiger partial charge in [-0.25, -0.2) is 0 Å². The maximum absolute atomic E-state index is 13.6. The Bertz CT molecular complexity index is 1040. The van der Waals surface area contributed by atoms with Crippen LogP contribution in [0, 0.1) is 31.1 Å². The van der Waals surface area contributed by atoms with Crippen molar-refractivity contribution in [3.05, 3.63) is 58.7 Å². The van der Waals surface area contributed by atoms with Gasteiger partial charge in [-0.15, -0.1) is 0 Å². The molecule has 4 nitrogen and oxygen atoms in total. The van der Waals surface area contributed by atoms with Gasteiger partial charge >= 0.3 is 0 Å². The largest absolute Gasteiger partial charge is 0.493 e. The van der Waals surface area contributed by atoms with Crippen LogP contribution >= 0.6 is 0 Å². The molecule has 0 spiro atoms. The molecule has 4 saturated carbocycles. The van der Waals surface area contributed by atoms with Gasteiger partial charge in [0.15, 0.2) is 11.5 Å². The smallest absolute Gasteiger partial charge is 0.226 e. The molecule has 2 atom stereocenters. The van der Waals surface area contributed by atoms with Crippen molar-refractivity contribution in [2.24, 2.45) is 17.3 Å². The van der Waals surface area contributed by atoms with E-state index in [1.54, 1.807) is 14.2 Å². The third-order valence-electron chi connectivity index (χ3n) is 8.81. The summed E-state index contributed by atoms with van der Waals surface area (Å²) in [6.07, 6.45) is 7.76. The van der Waals surface area contributed by atoms with Crippen molar-refractivity contribution in [3.8, 4) is 11.5 Å². The number of carbonyl (C=O) groups excluding carboxylic acids is 1. The standard InChI is InChI=1S/C29H37NO3/c1-19-5-7-24(11-20(19)2)28-14-22-12-23(15-28)17-29(16-22,18-28)27(31)30-10-9-21-6-8-25(32-3)26(13-21)33-4/h5-8,11,13,22-23H,9-10,12,14-18H2,1-4H3,(H,30,31). The Balaban J connectivity index is 1.31. The fraction of sp³-hybridized carbons (Fsp3) is 0.552. The fourth-order valence-corrected chi connectivity index (χ4v) is 7.48. The number of hydrogen-bond donors (Lipinski definition) is 1. The van der Waals surface area contributed by atoms with Crippen LogP contribution in [0.5, 0.6) is 11.5 Å². The van der Waals surface area contributed by atoms with E-state index in [1.807, 2.05) is 18.2 Å². The van der Waals surface area contributed by atoms with E-state index in [2.05, 4.69) is 37.4 Å². The maximum atomic E-state index is 13.6. The van der Waals surface area contributed by atoms with Gasteiger partial charge in [0.25, 0.3) is 0 Å². The number of carbonyl (C=O) groups is 1. The van der Waals surface area contributed by atoms with Crippen LogP contribution in [-0.2, 0) is 16.6 Å². The van der Waals surface area contributed by atoms with E-state index >= 15 is 0 Å². The van der Waals surface area contributed by atoms with E-state index in [4.69, 9.17) is 9.47 Å². The van der Waals surface area contributed by atoms with Crippen LogP contribution < -0.4 is 14.8 Å². The van der Waals surface area contributed by atoms with E-state index in [1.165, 1.54) is 36.0 Å². The summed E-state index contributed by atoms with van der Waals surface area (Å²) < 4.78 is 10.8. The van der Waals surface area contributed by atoms with Gasteiger partial charge < -0.3 is 14.8 Å². The number of benzene rings is 2. The molecule has 2 aromatic rings. The molecular weight excluding hydrogens is 410 g/mol. The molecule has 0 aromatic heterocycles. The molecule has 6 rings (SSSR count). The van der Waals surface area contributed by atoms with Crippen molar-refractivity contribution in [1.82, 2.24) is 5.32 Å². The number of aryl methyl sites for hydroxylation is 2. The van der Waals surface area contributed by atoms with Gasteiger partial charge in [-0.05, 0) is 110 Å². The summed E-state index contributed by atoms with van der Waals surface area (Å²) in [6.45, 7) is 5.06. The van der Waals surface area contributed by atoms with E-state index in [9.17, 15) is 4.79 Å². The Kier molecular flexibility index (Phi) is 5.66. The maximum Gasteiger partial charge on any atom is 0.226 e. The third-order valence-corrected chi connectivity index (χ3v) is 8.81. The van der Waals surface area contributed by atoms with Gasteiger partial charge in [-0.2, -0.15) is 0 Å². The Morgan fingerprint density at radius 1 is 0.939 bits per heavy atom. The van der Waals surface area contributed by atoms with Crippen molar-refractivity contribution in [2.75, 3.05) is 20.8 Å². The summed E-state index contributed by atoms with van der Waals surface area (Å²) in [6, 6.07) is 13.0. The minimum Gasteiger partial charge on any atom is -0.493 e. The highest BCUT2D eigenvalue weighted by Crippen LogP contribution is 2.65. The molecule has 0 saturated heterocycles. The highest BCUT2D eigenvalue weighted by atomic mass is 16.5. The van der Waals surface area contributed by atoms with Crippen molar-refractivity contribution in [1.29, 1.82) is 0 Å². The quantitative estimate of drug-likeness (QED) is 0.608. The predicted molar refractivity (Wildman–Crippen MR) is 131 cm³/mol. The first-order valence-corrected chi connectivity index (χ1v) is 12.4. The number of hydrogen-bond acceptors (Lipinski definition) is 3. The summed E-state index contributed by atoms with van der Waals surface area (Å²) in [7, 11) is 3.30. The van der Waals surface area contributed by atoms with Crippen LogP contribution in [0.3, 0.4) is 0 Å². The lowest BCUT2D eigenvalue weighted by atomic mass is 9.42. The van der Waals surface area contributed by atoms with Gasteiger partial charge in [-0.1, -0.05) is 24.3 Å². The second kappa shape index (κ2) is 8.38. The molecule has 4 aliphatic carbocycles. The molecule has 4 heteroatoms. The van der Waals surface area contributed by atoms with Crippen molar-refractivity contribution in [3.63, 3.8) is 0 Å². The molecule has 4 fully saturated rings. The monoisotopic (exact) mass is 447 g/mol. The van der Waals surface area contributed by atoms with Gasteiger partial charge in [0.1, 0.15) is 0 Å². The number of nitrogens with one attached hydrogen (secondary N) is 1. The van der Waals surface area contributed by atoms with Gasteiger partial charge in [0, 0.05) is 6.54 Å². The lowest BCUT2D eigenvalue weighted by Crippen LogP contribution is -2.59. The topological polar surface area (TPSA) is 47.6 Å². The molecule has 4 aliphatic rings. The molecule has 2 unspecified atom stereocenters. The summed E-state index contributed by atoms with van der Waals surface area (Å²) in [5.41, 5.74) is 5.33. The second-order valence-corrected chi connectivity index (χ2v) is 11.0. The van der Waals surface area contributed by atoms with Gasteiger partial charge in [0.2, 0.25) is 5.91 Å². The zero-order chi connectivity index (χ0) is 23.2. The normalized spacial score (nSPS) is 29.7. The first-order valence-electron chi connectivity index (χ1n) is 12.4. The molecule has 0 radical (unpaired) electrons. The second-order valence-electron chi connectivity index (χ2n) is 11.0. The zero-order valence-electron chi connectivity index (χ0n) is 20.5. The minimum absolute atomic E-state index is 0.184. The number of ether oxygens (including phenoxy) is 2. The van der Waals surface area contributed by atoms with E-state index in [0.717, 1.165) is 42.7 Å². The number of rotatable bonds is 7. The van der Waals surface area contributed by atoms with Crippen LogP contribution in [0.15, 0.2) is 36.4 Å². The Labute approximate surface area is 198 Å². The lowest BCUT2D eigenvalue weighted by Gasteiger charge is -2.61. The fourth-order valence-electron chi connectivity index (χ4n) is 7.48. The molecule has 33 heavy (non-hydrogen) atoms. The van der Waals surface area contributed by atoms with E-state index in [0.29, 0.717) is 18.4 Å². The highest BCUT2D eigenvalue weighted by Gasteiger charge is 2.60. The first kappa shape index (κ1) is 22.3. The number of methoxy groups -OCH3 is 2. The molecule has 0 heterocycles. The van der Waals surface area contributed by atoms with Crippen LogP contribution in [0.25, 0.3) is 0 Å². The summed E-state index contributed by atoms with van der Waals surface area (Å²) in [5.74, 6) is 3.12. The predicted octanol–water partition coefficient (Wildman–Crippen LogP) is 5.52. The zero-order valence-corrected chi connectivity index (χ0v) is 20.5. The third kappa shape index (κ3) is 3.92. The Hall–Kier alpha value is -2.49. The minimum atomic E-state index is -0.194. The molecular formula is C29H37NO3. The molecule has 1 amide bonds. The van der Waals surface area contributed by atoms with Gasteiger partial charge in [0.05, 0.1) is 19.6 Å². The summed E-state index contributed by atoms with van der Waals surface area (Å²) in [4.78, 5) is 13.6. The van der Waals surface area contributed by atoms with E-state index < -0.39 is 0 Å². The van der Waals surface area contributed by atoms with Crippen LogP contribution in [0.1, 0.15) is 60.8 Å². The summed E-state index contributed by atoms with van der Waals surface area (Å²) >= 11 is 0. The Morgan fingerprint density at radius 2 is 1.67 bits per heavy atom. The molecule has 1 N–H and O–H groups in total. The Morgan fingerprint density at radius 3 is 2.33 bits per heavy atom. The summed E-state index contributed by atoms with van der Waals surface area (Å²) in [5, 5.41) is 3.33. The van der Waals surface area contributed by atoms with Crippen molar-refractivity contribution in [2.45, 2.75) is 64.2 Å². The van der Waals surface area contributed by atoms with Crippen LogP contribution in [-0.4, -0.2) is 26.7 Å². The molecule has 2 aromatic carbocycles. The average molecular weight is 448 g/mol.